The molecule has 21 heavy (non-hydrogen) atoms. The standard InChI is InChI=1S/C16H24N4S/c1-16(2,3)15-19-11(10-21-15)8-17-13-6-5-7-14-12(13)9-18-20(14)4/h9-10,13,17H,5-8H2,1-4H3/t13-/m0/s1. The number of fused-ring (bicyclic) bond motifs is 1. The molecular weight excluding hydrogens is 280 g/mol. The zero-order valence-electron chi connectivity index (χ0n) is 13.3. The summed E-state index contributed by atoms with van der Waals surface area (Å²) in [5.41, 5.74) is 4.05. The lowest BCUT2D eigenvalue weighted by Crippen LogP contribution is -2.25. The molecule has 2 heterocycles. The fourth-order valence-corrected chi connectivity index (χ4v) is 3.79. The molecule has 0 bridgehead atoms. The zero-order valence-corrected chi connectivity index (χ0v) is 14.1. The summed E-state index contributed by atoms with van der Waals surface area (Å²) in [7, 11) is 2.04. The molecule has 1 aliphatic rings. The van der Waals surface area contributed by atoms with Gasteiger partial charge in [-0.2, -0.15) is 5.10 Å². The molecule has 1 aliphatic carbocycles. The van der Waals surface area contributed by atoms with Gasteiger partial charge in [0, 0.05) is 41.7 Å². The Balaban J connectivity index is 1.67. The van der Waals surface area contributed by atoms with E-state index in [1.54, 1.807) is 11.3 Å². The highest BCUT2D eigenvalue weighted by Crippen LogP contribution is 2.30. The van der Waals surface area contributed by atoms with E-state index >= 15 is 0 Å². The van der Waals surface area contributed by atoms with Crippen molar-refractivity contribution in [1.29, 1.82) is 0 Å². The van der Waals surface area contributed by atoms with Gasteiger partial charge in [-0.3, -0.25) is 4.68 Å². The first-order valence-corrected chi connectivity index (χ1v) is 8.52. The Morgan fingerprint density at radius 1 is 1.43 bits per heavy atom. The van der Waals surface area contributed by atoms with Crippen LogP contribution in [0.5, 0.6) is 0 Å². The van der Waals surface area contributed by atoms with Crippen LogP contribution in [0.2, 0.25) is 0 Å². The lowest BCUT2D eigenvalue weighted by Gasteiger charge is -2.23. The predicted octanol–water partition coefficient (Wildman–Crippen LogP) is 3.34. The molecule has 1 atom stereocenters. The lowest BCUT2D eigenvalue weighted by atomic mass is 9.93. The quantitative estimate of drug-likeness (QED) is 0.945. The van der Waals surface area contributed by atoms with Crippen molar-refractivity contribution in [2.24, 2.45) is 7.05 Å². The lowest BCUT2D eigenvalue weighted by molar-refractivity contribution is 0.449. The monoisotopic (exact) mass is 304 g/mol. The van der Waals surface area contributed by atoms with E-state index in [2.05, 4.69) is 36.6 Å². The molecule has 0 unspecified atom stereocenters. The largest absolute Gasteiger partial charge is 0.304 e. The van der Waals surface area contributed by atoms with Crippen molar-refractivity contribution in [1.82, 2.24) is 20.1 Å². The summed E-state index contributed by atoms with van der Waals surface area (Å²) < 4.78 is 2.02. The molecule has 114 valence electrons. The summed E-state index contributed by atoms with van der Waals surface area (Å²) >= 11 is 1.77. The van der Waals surface area contributed by atoms with Gasteiger partial charge in [0.25, 0.3) is 0 Å². The van der Waals surface area contributed by atoms with Gasteiger partial charge in [-0.1, -0.05) is 20.8 Å². The van der Waals surface area contributed by atoms with Crippen molar-refractivity contribution in [3.63, 3.8) is 0 Å². The first-order valence-electron chi connectivity index (χ1n) is 7.64. The van der Waals surface area contributed by atoms with E-state index in [-0.39, 0.29) is 5.41 Å². The molecule has 2 aromatic heterocycles. The third kappa shape index (κ3) is 3.04. The number of thiazole rings is 1. The molecule has 2 aromatic rings. The molecule has 4 nitrogen and oxygen atoms in total. The van der Waals surface area contributed by atoms with Gasteiger partial charge in [-0.05, 0) is 19.3 Å². The van der Waals surface area contributed by atoms with Crippen molar-refractivity contribution in [2.75, 3.05) is 0 Å². The molecule has 1 N–H and O–H groups in total. The Labute approximate surface area is 130 Å². The highest BCUT2D eigenvalue weighted by atomic mass is 32.1. The molecule has 5 heteroatoms. The van der Waals surface area contributed by atoms with Crippen molar-refractivity contribution in [3.8, 4) is 0 Å². The second kappa shape index (κ2) is 5.54. The number of nitrogens with zero attached hydrogens (tertiary/aromatic N) is 3. The summed E-state index contributed by atoms with van der Waals surface area (Å²) in [5.74, 6) is 0. The van der Waals surface area contributed by atoms with E-state index in [9.17, 15) is 0 Å². The molecular formula is C16H24N4S. The fraction of sp³-hybridized carbons (Fsp3) is 0.625. The molecule has 0 saturated carbocycles. The number of hydrogen-bond donors (Lipinski definition) is 1. The highest BCUT2D eigenvalue weighted by Gasteiger charge is 2.23. The smallest absolute Gasteiger partial charge is 0.0982 e. The Kier molecular flexibility index (Phi) is 3.88. The van der Waals surface area contributed by atoms with E-state index in [4.69, 9.17) is 4.98 Å². The van der Waals surface area contributed by atoms with Gasteiger partial charge in [-0.15, -0.1) is 11.3 Å². The van der Waals surface area contributed by atoms with Crippen LogP contribution in [0.15, 0.2) is 11.6 Å². The van der Waals surface area contributed by atoms with Gasteiger partial charge in [0.2, 0.25) is 0 Å². The maximum Gasteiger partial charge on any atom is 0.0982 e. The van der Waals surface area contributed by atoms with Gasteiger partial charge in [0.1, 0.15) is 0 Å². The van der Waals surface area contributed by atoms with Crippen LogP contribution in [0.3, 0.4) is 0 Å². The van der Waals surface area contributed by atoms with Crippen LogP contribution < -0.4 is 5.32 Å². The Morgan fingerprint density at radius 2 is 2.24 bits per heavy atom. The summed E-state index contributed by atoms with van der Waals surface area (Å²) in [6.45, 7) is 7.48. The van der Waals surface area contributed by atoms with Crippen molar-refractivity contribution < 1.29 is 0 Å². The van der Waals surface area contributed by atoms with Crippen LogP contribution in [0.25, 0.3) is 0 Å². The third-order valence-electron chi connectivity index (χ3n) is 4.10. The van der Waals surface area contributed by atoms with Crippen molar-refractivity contribution in [3.05, 3.63) is 33.5 Å². The minimum Gasteiger partial charge on any atom is -0.304 e. The van der Waals surface area contributed by atoms with Crippen molar-refractivity contribution in [2.45, 2.75) is 58.0 Å². The van der Waals surface area contributed by atoms with Crippen molar-refractivity contribution >= 4 is 11.3 Å². The van der Waals surface area contributed by atoms with Gasteiger partial charge in [0.05, 0.1) is 16.9 Å². The van der Waals surface area contributed by atoms with Crippen LogP contribution in [-0.4, -0.2) is 14.8 Å². The molecule has 0 spiro atoms. The molecule has 0 fully saturated rings. The van der Waals surface area contributed by atoms with E-state index in [0.29, 0.717) is 6.04 Å². The van der Waals surface area contributed by atoms with Gasteiger partial charge in [-0.25, -0.2) is 4.98 Å². The fourth-order valence-electron chi connectivity index (χ4n) is 2.88. The molecule has 3 rings (SSSR count). The molecule has 0 radical (unpaired) electrons. The van der Waals surface area contributed by atoms with Gasteiger partial charge >= 0.3 is 0 Å². The maximum atomic E-state index is 4.76. The molecule has 0 aliphatic heterocycles. The zero-order chi connectivity index (χ0) is 15.0. The molecule has 0 aromatic carbocycles. The minimum atomic E-state index is 0.143. The first kappa shape index (κ1) is 14.7. The van der Waals surface area contributed by atoms with Gasteiger partial charge < -0.3 is 5.32 Å². The molecule has 0 saturated heterocycles. The van der Waals surface area contributed by atoms with Crippen LogP contribution in [0, 0.1) is 0 Å². The topological polar surface area (TPSA) is 42.7 Å². The molecule has 0 amide bonds. The van der Waals surface area contributed by atoms with Crippen LogP contribution >= 0.6 is 11.3 Å². The van der Waals surface area contributed by atoms with Crippen LogP contribution in [-0.2, 0) is 25.4 Å². The highest BCUT2D eigenvalue weighted by molar-refractivity contribution is 7.09. The maximum absolute atomic E-state index is 4.76. The van der Waals surface area contributed by atoms with Gasteiger partial charge in [0.15, 0.2) is 0 Å². The summed E-state index contributed by atoms with van der Waals surface area (Å²) in [5, 5.41) is 11.5. The first-order chi connectivity index (χ1) is 9.95. The number of aryl methyl sites for hydroxylation is 1. The second-order valence-electron chi connectivity index (χ2n) is 6.89. The normalized spacial score (nSPS) is 18.8. The third-order valence-corrected chi connectivity index (χ3v) is 5.42. The Morgan fingerprint density at radius 3 is 2.95 bits per heavy atom. The predicted molar refractivity (Wildman–Crippen MR) is 86.5 cm³/mol. The second-order valence-corrected chi connectivity index (χ2v) is 7.75. The van der Waals surface area contributed by atoms with E-state index in [1.807, 2.05) is 17.9 Å². The Bertz CT molecular complexity index is 621. The average Bonchev–Trinajstić information content (AvgIpc) is 3.04. The van der Waals surface area contributed by atoms with Crippen LogP contribution in [0.4, 0.5) is 0 Å². The average molecular weight is 304 g/mol. The SMILES string of the molecule is Cn1ncc2c1CCC[C@@H]2NCc1csc(C(C)(C)C)n1. The van der Waals surface area contributed by atoms with Crippen LogP contribution in [0.1, 0.15) is 61.6 Å². The summed E-state index contributed by atoms with van der Waals surface area (Å²) in [6, 6.07) is 0.419. The van der Waals surface area contributed by atoms with E-state index in [0.717, 1.165) is 18.7 Å². The number of aromatic nitrogens is 3. The Hall–Kier alpha value is -1.20. The summed E-state index contributed by atoms with van der Waals surface area (Å²) in [4.78, 5) is 4.76. The minimum absolute atomic E-state index is 0.143. The summed E-state index contributed by atoms with van der Waals surface area (Å²) in [6.07, 6.45) is 5.59. The van der Waals surface area contributed by atoms with E-state index in [1.165, 1.54) is 29.1 Å². The van der Waals surface area contributed by atoms with E-state index < -0.39 is 0 Å². The number of rotatable bonds is 3. The number of hydrogen-bond acceptors (Lipinski definition) is 4. The number of nitrogens with one attached hydrogen (secondary N) is 1.